The molecule has 9 heteroatoms. The Morgan fingerprint density at radius 1 is 0.732 bits per heavy atom. The van der Waals surface area contributed by atoms with Crippen molar-refractivity contribution in [2.45, 2.75) is 66.4 Å². The Balaban J connectivity index is 1.89. The molecule has 4 aromatic heterocycles. The lowest BCUT2D eigenvalue weighted by atomic mass is 10.0. The van der Waals surface area contributed by atoms with Gasteiger partial charge in [-0.1, -0.05) is 0 Å². The lowest BCUT2D eigenvalue weighted by molar-refractivity contribution is -0.138. The molecule has 9 nitrogen and oxygen atoms in total. The van der Waals surface area contributed by atoms with Gasteiger partial charge in [0.25, 0.3) is 0 Å². The summed E-state index contributed by atoms with van der Waals surface area (Å²) >= 11 is 0. The Kier molecular flexibility index (Phi) is 7.40. The number of aliphatic carboxylic acids is 2. The fourth-order valence-corrected chi connectivity index (χ4v) is 5.82. The molecule has 1 aliphatic heterocycles. The second-order valence-corrected chi connectivity index (χ2v) is 11.0. The van der Waals surface area contributed by atoms with Crippen molar-refractivity contribution in [2.24, 2.45) is 0 Å². The molecule has 0 fully saturated rings. The molecular formula is C32H36N4O5. The van der Waals surface area contributed by atoms with E-state index in [0.29, 0.717) is 12.8 Å². The number of rotatable bonds is 7. The molecule has 5 heterocycles. The van der Waals surface area contributed by atoms with Crippen LogP contribution in [0.5, 0.6) is 0 Å². The van der Waals surface area contributed by atoms with Gasteiger partial charge in [0.2, 0.25) is 0 Å². The van der Waals surface area contributed by atoms with Crippen LogP contribution in [0.4, 0.5) is 0 Å². The number of carbonyl (C=O) groups is 2. The van der Waals surface area contributed by atoms with Crippen LogP contribution in [-0.2, 0) is 22.4 Å². The van der Waals surface area contributed by atoms with Gasteiger partial charge in [0.1, 0.15) is 0 Å². The predicted octanol–water partition coefficient (Wildman–Crippen LogP) is 1.65. The summed E-state index contributed by atoms with van der Waals surface area (Å²) in [7, 11) is 0. The molecule has 1 atom stereocenters. The van der Waals surface area contributed by atoms with Crippen LogP contribution in [0.15, 0.2) is 12.1 Å². The van der Waals surface area contributed by atoms with Crippen molar-refractivity contribution >= 4 is 35.7 Å². The zero-order valence-corrected chi connectivity index (χ0v) is 24.0. The molecule has 8 bridgehead atoms. The van der Waals surface area contributed by atoms with Gasteiger partial charge in [-0.3, -0.25) is 9.59 Å². The quantitative estimate of drug-likeness (QED) is 0.184. The number of carboxylic acids is 2. The summed E-state index contributed by atoms with van der Waals surface area (Å²) < 4.78 is 0. The number of fused-ring (bicyclic) bond motifs is 8. The summed E-state index contributed by atoms with van der Waals surface area (Å²) in [5, 5.41) is 33.0. The SMILES string of the molecule is Cc1cc2[nH]c1C=c1[nH]c(c(CCC(=O)O)c1C)=Cc1[nH]c(c(C)c1CCC(=O)O)C=c1cc(C)c([nH]1)=C2C(C)O. The van der Waals surface area contributed by atoms with E-state index in [-0.39, 0.29) is 12.8 Å². The third kappa shape index (κ3) is 5.45. The van der Waals surface area contributed by atoms with Crippen LogP contribution in [0.2, 0.25) is 0 Å². The van der Waals surface area contributed by atoms with E-state index in [2.05, 4.69) is 19.9 Å². The number of carboxylic acid groups (broad SMARTS) is 2. The Labute approximate surface area is 236 Å². The Hall–Kier alpha value is -4.50. The molecule has 214 valence electrons. The van der Waals surface area contributed by atoms with Gasteiger partial charge in [-0.25, -0.2) is 0 Å². The average molecular weight is 557 g/mol. The number of H-pyrrole nitrogens is 4. The topological polar surface area (TPSA) is 158 Å². The molecule has 5 rings (SSSR count). The molecule has 4 aromatic rings. The van der Waals surface area contributed by atoms with E-state index in [4.69, 9.17) is 0 Å². The molecule has 0 aliphatic carbocycles. The van der Waals surface area contributed by atoms with E-state index in [0.717, 1.165) is 83.1 Å². The molecular weight excluding hydrogens is 520 g/mol. The van der Waals surface area contributed by atoms with Crippen molar-refractivity contribution < 1.29 is 24.9 Å². The van der Waals surface area contributed by atoms with E-state index in [1.54, 1.807) is 6.92 Å². The zero-order chi connectivity index (χ0) is 29.6. The standard InChI is InChI=1S/C32H36N4O5/c1-15-11-28-31(19(5)37)32-16(2)10-20(33-32)12-24-17(3)21(6-8-29(38)39)26(35-24)14-27-22(7-9-30(40)41)18(4)25(36-27)13-23(15)34-28/h10-14,19,33-37H,6-9H2,1-5H3,(H,38,39)(H,40,41). The number of aliphatic hydroxyl groups excluding tert-OH is 1. The van der Waals surface area contributed by atoms with Gasteiger partial charge in [0.15, 0.2) is 0 Å². The number of hydrogen-bond donors (Lipinski definition) is 7. The molecule has 0 spiro atoms. The van der Waals surface area contributed by atoms with E-state index < -0.39 is 18.0 Å². The molecule has 7 N–H and O–H groups in total. The number of hydrogen-bond acceptors (Lipinski definition) is 3. The van der Waals surface area contributed by atoms with Gasteiger partial charge in [0.05, 0.1) is 6.10 Å². The molecule has 41 heavy (non-hydrogen) atoms. The lowest BCUT2D eigenvalue weighted by Gasteiger charge is -2.09. The van der Waals surface area contributed by atoms with Gasteiger partial charge in [-0.05, 0) is 111 Å². The van der Waals surface area contributed by atoms with Gasteiger partial charge in [-0.2, -0.15) is 0 Å². The summed E-state index contributed by atoms with van der Waals surface area (Å²) in [6, 6.07) is 4.06. The molecule has 1 unspecified atom stereocenters. The highest BCUT2D eigenvalue weighted by Crippen LogP contribution is 2.23. The first-order chi connectivity index (χ1) is 19.4. The lowest BCUT2D eigenvalue weighted by Crippen LogP contribution is -2.22. The maximum Gasteiger partial charge on any atom is 0.303 e. The van der Waals surface area contributed by atoms with Gasteiger partial charge < -0.3 is 35.3 Å². The monoisotopic (exact) mass is 556 g/mol. The molecule has 0 amide bonds. The summed E-state index contributed by atoms with van der Waals surface area (Å²) in [5.41, 5.74) is 9.75. The van der Waals surface area contributed by atoms with Gasteiger partial charge in [0, 0.05) is 62.6 Å². The fourth-order valence-electron chi connectivity index (χ4n) is 5.82. The summed E-state index contributed by atoms with van der Waals surface area (Å²) in [4.78, 5) is 37.0. The summed E-state index contributed by atoms with van der Waals surface area (Å²) in [5.74, 6) is -1.75. The minimum absolute atomic E-state index is 0.0136. The molecule has 0 radical (unpaired) electrons. The van der Waals surface area contributed by atoms with Crippen LogP contribution in [0.25, 0.3) is 23.8 Å². The third-order valence-electron chi connectivity index (χ3n) is 8.03. The number of aromatic nitrogens is 4. The first-order valence-corrected chi connectivity index (χ1v) is 13.8. The Morgan fingerprint density at radius 2 is 1.39 bits per heavy atom. The Morgan fingerprint density at radius 3 is 2.05 bits per heavy atom. The molecule has 0 saturated carbocycles. The van der Waals surface area contributed by atoms with Crippen LogP contribution in [0.1, 0.15) is 75.9 Å². The van der Waals surface area contributed by atoms with E-state index in [1.165, 1.54) is 0 Å². The highest BCUT2D eigenvalue weighted by molar-refractivity contribution is 5.71. The molecule has 0 saturated heterocycles. The van der Waals surface area contributed by atoms with Crippen molar-refractivity contribution in [3.8, 4) is 0 Å². The van der Waals surface area contributed by atoms with E-state index in [1.807, 2.05) is 58.1 Å². The minimum Gasteiger partial charge on any atom is -0.481 e. The van der Waals surface area contributed by atoms with E-state index in [9.17, 15) is 24.9 Å². The zero-order valence-electron chi connectivity index (χ0n) is 24.0. The van der Waals surface area contributed by atoms with Gasteiger partial charge >= 0.3 is 11.9 Å². The van der Waals surface area contributed by atoms with Crippen LogP contribution < -0.4 is 21.4 Å². The minimum atomic E-state index is -0.874. The first kappa shape index (κ1) is 28.0. The van der Waals surface area contributed by atoms with Crippen LogP contribution in [0, 0.1) is 27.7 Å². The molecule has 0 aromatic carbocycles. The maximum absolute atomic E-state index is 11.5. The first-order valence-electron chi connectivity index (χ1n) is 13.8. The van der Waals surface area contributed by atoms with E-state index >= 15 is 0 Å². The smallest absolute Gasteiger partial charge is 0.303 e. The molecule has 1 aliphatic rings. The second kappa shape index (κ2) is 10.8. The number of aliphatic hydroxyl groups is 1. The summed E-state index contributed by atoms with van der Waals surface area (Å²) in [6.07, 6.45) is 5.89. The number of aromatic amines is 4. The van der Waals surface area contributed by atoms with Crippen molar-refractivity contribution in [3.05, 3.63) is 89.7 Å². The van der Waals surface area contributed by atoms with Crippen LogP contribution >= 0.6 is 0 Å². The largest absolute Gasteiger partial charge is 0.481 e. The third-order valence-corrected chi connectivity index (χ3v) is 8.03. The predicted molar refractivity (Wildman–Crippen MR) is 157 cm³/mol. The van der Waals surface area contributed by atoms with Crippen molar-refractivity contribution in [2.75, 3.05) is 0 Å². The fraction of sp³-hybridized carbons (Fsp3) is 0.312. The summed E-state index contributed by atoms with van der Waals surface area (Å²) in [6.45, 7) is 9.71. The normalized spacial score (nSPS) is 13.4. The van der Waals surface area contributed by atoms with Crippen molar-refractivity contribution in [3.63, 3.8) is 0 Å². The van der Waals surface area contributed by atoms with Gasteiger partial charge in [-0.15, -0.1) is 0 Å². The average Bonchev–Trinajstić information content (AvgIpc) is 3.58. The highest BCUT2D eigenvalue weighted by atomic mass is 16.4. The highest BCUT2D eigenvalue weighted by Gasteiger charge is 2.18. The van der Waals surface area contributed by atoms with Crippen LogP contribution in [0.3, 0.4) is 0 Å². The van der Waals surface area contributed by atoms with Crippen molar-refractivity contribution in [1.82, 2.24) is 19.9 Å². The second-order valence-electron chi connectivity index (χ2n) is 11.0. The number of aryl methyl sites for hydroxylation is 2. The number of nitrogens with one attached hydrogen (secondary N) is 4. The maximum atomic E-state index is 11.5. The Bertz CT molecular complexity index is 1930. The van der Waals surface area contributed by atoms with Crippen LogP contribution in [-0.4, -0.2) is 53.3 Å². The van der Waals surface area contributed by atoms with Crippen molar-refractivity contribution in [1.29, 1.82) is 0 Å².